The number of benzene rings is 7. The summed E-state index contributed by atoms with van der Waals surface area (Å²) in [6.07, 6.45) is 4.26. The van der Waals surface area contributed by atoms with E-state index in [0.29, 0.717) is 77.5 Å². The molecule has 20 nitrogen and oxygen atoms in total. The number of hydrogen-bond donors (Lipinski definition) is 6. The van der Waals surface area contributed by atoms with E-state index in [-0.39, 0.29) is 118 Å². The molecule has 0 aromatic heterocycles. The van der Waals surface area contributed by atoms with E-state index in [1.807, 2.05) is 159 Å². The maximum atomic E-state index is 14.4. The Labute approximate surface area is 550 Å². The highest BCUT2D eigenvalue weighted by Gasteiger charge is 2.32. The van der Waals surface area contributed by atoms with Gasteiger partial charge >= 0.3 is 0 Å². The number of ether oxygens (including phenoxy) is 6. The van der Waals surface area contributed by atoms with Crippen LogP contribution in [0.25, 0.3) is 0 Å². The second-order valence-corrected chi connectivity index (χ2v) is 24.1. The van der Waals surface area contributed by atoms with Crippen molar-refractivity contribution in [3.63, 3.8) is 0 Å². The molecule has 494 valence electrons. The molecule has 6 amide bonds. The first kappa shape index (κ1) is 68.4. The molecule has 7 aromatic carbocycles. The molecule has 2 fully saturated rings. The van der Waals surface area contributed by atoms with Crippen molar-refractivity contribution in [2.75, 3.05) is 68.6 Å². The normalized spacial score (nSPS) is 16.0. The van der Waals surface area contributed by atoms with Gasteiger partial charge in [0.2, 0.25) is 0 Å². The number of likely N-dealkylation sites (N-methyl/N-ethyl adjacent to an activating group) is 2. The molecule has 0 aliphatic heterocycles. The predicted molar refractivity (Wildman–Crippen MR) is 359 cm³/mol. The van der Waals surface area contributed by atoms with E-state index >= 15 is 0 Å². The topological polar surface area (TPSA) is 236 Å². The Hall–Kier alpha value is -9.92. The van der Waals surface area contributed by atoms with Crippen LogP contribution in [0.3, 0.4) is 0 Å². The average Bonchev–Trinajstić information content (AvgIpc) is 0.839. The van der Waals surface area contributed by atoms with Crippen molar-refractivity contribution >= 4 is 35.4 Å². The first-order valence-corrected chi connectivity index (χ1v) is 32.0. The monoisotopic (exact) mass is 1280 g/mol. The molecular formula is C74H86N8O12. The second kappa shape index (κ2) is 34.1. The molecule has 2 aliphatic rings. The number of carbonyl (C=O) groups is 6. The van der Waals surface area contributed by atoms with Gasteiger partial charge in [0, 0.05) is 68.5 Å². The molecule has 20 heteroatoms. The molecule has 2 aliphatic carbocycles. The van der Waals surface area contributed by atoms with Crippen LogP contribution in [0, 0.1) is 0 Å². The zero-order valence-electron chi connectivity index (χ0n) is 54.4. The number of nitrogens with zero attached hydrogens (tertiary/aromatic N) is 2. The molecule has 0 radical (unpaired) electrons. The maximum absolute atomic E-state index is 14.4. The lowest BCUT2D eigenvalue weighted by atomic mass is 9.90. The minimum atomic E-state index is -0.441. The van der Waals surface area contributed by atoms with Gasteiger partial charge in [-0.15, -0.1) is 0 Å². The fraction of sp³-hybridized carbons (Fsp3) is 0.351. The van der Waals surface area contributed by atoms with Crippen molar-refractivity contribution < 1.29 is 57.2 Å². The van der Waals surface area contributed by atoms with E-state index in [1.54, 1.807) is 12.1 Å². The zero-order chi connectivity index (χ0) is 66.3. The molecule has 0 bridgehead atoms. The number of amides is 6. The molecular weight excluding hydrogens is 1190 g/mol. The average molecular weight is 1280 g/mol. The fourth-order valence-electron chi connectivity index (χ4n) is 11.3. The molecule has 0 heterocycles. The summed E-state index contributed by atoms with van der Waals surface area (Å²) in [7, 11) is 10.6. The van der Waals surface area contributed by atoms with Crippen LogP contribution in [0.5, 0.6) is 34.5 Å². The standard InChI is InChI=1S/C74H86N8O12/c1-81(2)37-35-75-69(83)59-40-61(67(93-47-51-23-15-9-16-24-51)43-65(59)91-45-49-19-11-7-12-20-49)73(87)79-55-31-27-53(28-32-55)77-71(85)57-39-58(64(90-6)42-63(57)89-5)72(86)78-54-29-33-56(34-30-54)80-74(88)62-41-60(70(84)76-36-38-82(3)4)66(92-46-50-21-13-8-14-22-50)44-68(62)94-48-52-25-17-10-18-26-52/h7-26,39-44,53-56H,27-38,45-48H2,1-6H3,(H,75,83)(H,76,84)(H,77,85)(H,78,86)(H,79,87)(H,80,88). The van der Waals surface area contributed by atoms with Gasteiger partial charge in [-0.3, -0.25) is 28.8 Å². The lowest BCUT2D eigenvalue weighted by molar-refractivity contribution is 0.0882. The second-order valence-electron chi connectivity index (χ2n) is 24.1. The molecule has 7 aromatic rings. The summed E-state index contributed by atoms with van der Waals surface area (Å²) in [5.74, 6) is -1.02. The summed E-state index contributed by atoms with van der Waals surface area (Å²) in [5, 5.41) is 18.6. The molecule has 2 saturated carbocycles. The molecule has 0 unspecified atom stereocenters. The van der Waals surface area contributed by atoms with Crippen LogP contribution in [-0.4, -0.2) is 138 Å². The van der Waals surface area contributed by atoms with Gasteiger partial charge in [0.1, 0.15) is 60.9 Å². The van der Waals surface area contributed by atoms with Gasteiger partial charge in [0.05, 0.1) is 47.6 Å². The fourth-order valence-corrected chi connectivity index (χ4v) is 11.3. The van der Waals surface area contributed by atoms with Crippen molar-refractivity contribution in [1.29, 1.82) is 0 Å². The summed E-state index contributed by atoms with van der Waals surface area (Å²) in [6.45, 7) is 2.64. The summed E-state index contributed by atoms with van der Waals surface area (Å²) in [4.78, 5) is 89.1. The quantitative estimate of drug-likeness (QED) is 0.0246. The Morgan fingerprint density at radius 2 is 0.553 bits per heavy atom. The smallest absolute Gasteiger partial charge is 0.255 e. The summed E-state index contributed by atoms with van der Waals surface area (Å²) in [6, 6.07) is 46.6. The predicted octanol–water partition coefficient (Wildman–Crippen LogP) is 9.54. The third kappa shape index (κ3) is 19.6. The van der Waals surface area contributed by atoms with Gasteiger partial charge in [-0.05, 0) is 120 Å². The van der Waals surface area contributed by atoms with E-state index in [0.717, 1.165) is 22.3 Å². The van der Waals surface area contributed by atoms with Gasteiger partial charge in [-0.1, -0.05) is 121 Å². The number of rotatable bonds is 30. The van der Waals surface area contributed by atoms with Gasteiger partial charge in [0.25, 0.3) is 35.4 Å². The molecule has 0 spiro atoms. The molecule has 0 atom stereocenters. The van der Waals surface area contributed by atoms with Crippen LogP contribution in [0.15, 0.2) is 158 Å². The largest absolute Gasteiger partial charge is 0.496 e. The minimum Gasteiger partial charge on any atom is -0.496 e. The summed E-state index contributed by atoms with van der Waals surface area (Å²) < 4.78 is 36.7. The lowest BCUT2D eigenvalue weighted by Crippen LogP contribution is -2.44. The van der Waals surface area contributed by atoms with E-state index < -0.39 is 35.4 Å². The van der Waals surface area contributed by atoms with Crippen molar-refractivity contribution in [3.8, 4) is 34.5 Å². The summed E-state index contributed by atoms with van der Waals surface area (Å²) >= 11 is 0. The van der Waals surface area contributed by atoms with Crippen LogP contribution in [0.1, 0.15) is 136 Å². The van der Waals surface area contributed by atoms with Crippen LogP contribution in [-0.2, 0) is 26.4 Å². The first-order valence-electron chi connectivity index (χ1n) is 32.0. The van der Waals surface area contributed by atoms with E-state index in [2.05, 4.69) is 31.9 Å². The lowest BCUT2D eigenvalue weighted by Gasteiger charge is -2.30. The Bertz CT molecular complexity index is 3440. The van der Waals surface area contributed by atoms with Crippen molar-refractivity contribution in [3.05, 3.63) is 213 Å². The molecule has 6 N–H and O–H groups in total. The highest BCUT2D eigenvalue weighted by atomic mass is 16.5. The van der Waals surface area contributed by atoms with Crippen molar-refractivity contribution in [1.82, 2.24) is 41.7 Å². The third-order valence-corrected chi connectivity index (χ3v) is 16.6. The highest BCUT2D eigenvalue weighted by Crippen LogP contribution is 2.35. The van der Waals surface area contributed by atoms with Crippen molar-refractivity contribution in [2.24, 2.45) is 0 Å². The first-order chi connectivity index (χ1) is 45.6. The van der Waals surface area contributed by atoms with Gasteiger partial charge in [-0.25, -0.2) is 0 Å². The number of methoxy groups -OCH3 is 2. The Morgan fingerprint density at radius 3 is 0.787 bits per heavy atom. The van der Waals surface area contributed by atoms with E-state index in [9.17, 15) is 28.8 Å². The number of hydrogen-bond acceptors (Lipinski definition) is 14. The SMILES string of the molecule is COc1cc(OC)c(C(=O)NC2CCC(NC(=O)c3cc(C(=O)NCCN(C)C)c(OCc4ccccc4)cc3OCc3ccccc3)CC2)cc1C(=O)NC1CCC(NC(=O)c2cc(C(=O)NCCN(C)C)c(OCc3ccccc3)cc2OCc2ccccc2)CC1. The highest BCUT2D eigenvalue weighted by molar-refractivity contribution is 6.05. The molecule has 0 saturated heterocycles. The Balaban J connectivity index is 0.831. The van der Waals surface area contributed by atoms with E-state index in [4.69, 9.17) is 28.4 Å². The third-order valence-electron chi connectivity index (χ3n) is 16.6. The Kier molecular flexibility index (Phi) is 24.8. The zero-order valence-corrected chi connectivity index (χ0v) is 54.4. The minimum absolute atomic E-state index is 0.146. The molecule has 94 heavy (non-hydrogen) atoms. The van der Waals surface area contributed by atoms with Crippen LogP contribution < -0.4 is 60.3 Å². The van der Waals surface area contributed by atoms with Gasteiger partial charge < -0.3 is 70.1 Å². The summed E-state index contributed by atoms with van der Waals surface area (Å²) in [5.41, 5.74) is 4.61. The number of nitrogens with one attached hydrogen (secondary N) is 6. The Morgan fingerprint density at radius 1 is 0.330 bits per heavy atom. The van der Waals surface area contributed by atoms with Crippen molar-refractivity contribution in [2.45, 2.75) is 102 Å². The van der Waals surface area contributed by atoms with Gasteiger partial charge in [-0.2, -0.15) is 0 Å². The maximum Gasteiger partial charge on any atom is 0.255 e. The van der Waals surface area contributed by atoms with Crippen LogP contribution >= 0.6 is 0 Å². The molecule has 9 rings (SSSR count). The number of carbonyl (C=O) groups excluding carboxylic acids is 6. The van der Waals surface area contributed by atoms with Crippen LogP contribution in [0.4, 0.5) is 0 Å². The van der Waals surface area contributed by atoms with E-state index in [1.165, 1.54) is 38.5 Å². The van der Waals surface area contributed by atoms with Gasteiger partial charge in [0.15, 0.2) is 0 Å². The van der Waals surface area contributed by atoms with Crippen LogP contribution in [0.2, 0.25) is 0 Å².